The van der Waals surface area contributed by atoms with Gasteiger partial charge in [0, 0.05) is 30.5 Å². The molecule has 12 heteroatoms. The van der Waals surface area contributed by atoms with Gasteiger partial charge in [-0.2, -0.15) is 0 Å². The van der Waals surface area contributed by atoms with Crippen molar-refractivity contribution in [2.75, 3.05) is 24.6 Å². The van der Waals surface area contributed by atoms with Crippen LogP contribution in [0.25, 0.3) is 10.9 Å². The van der Waals surface area contributed by atoms with Gasteiger partial charge < -0.3 is 20.2 Å². The van der Waals surface area contributed by atoms with E-state index in [1.54, 1.807) is 43.3 Å². The predicted molar refractivity (Wildman–Crippen MR) is 145 cm³/mol. The monoisotopic (exact) mass is 538 g/mol. The van der Waals surface area contributed by atoms with E-state index in [0.717, 1.165) is 11.8 Å². The Kier molecular flexibility index (Phi) is 8.64. The maximum atomic E-state index is 13.5. The Hall–Kier alpha value is -3.90. The number of ether oxygens (including phenoxy) is 1. The molecule has 0 fully saturated rings. The quantitative estimate of drug-likeness (QED) is 0.167. The van der Waals surface area contributed by atoms with Crippen molar-refractivity contribution in [2.24, 2.45) is 0 Å². The molecule has 0 unspecified atom stereocenters. The van der Waals surface area contributed by atoms with Crippen molar-refractivity contribution in [3.8, 4) is 0 Å². The van der Waals surface area contributed by atoms with Crippen molar-refractivity contribution in [1.82, 2.24) is 24.6 Å². The van der Waals surface area contributed by atoms with Crippen molar-refractivity contribution >= 4 is 40.3 Å². The first-order valence-electron chi connectivity index (χ1n) is 12.2. The summed E-state index contributed by atoms with van der Waals surface area (Å²) in [6, 6.07) is 9.87. The van der Waals surface area contributed by atoms with Gasteiger partial charge in [0.2, 0.25) is 0 Å². The van der Waals surface area contributed by atoms with Gasteiger partial charge in [0.05, 0.1) is 35.6 Å². The molecule has 0 saturated carbocycles. The van der Waals surface area contributed by atoms with Crippen LogP contribution >= 0.6 is 11.8 Å². The van der Waals surface area contributed by atoms with E-state index in [9.17, 15) is 14.4 Å². The first kappa shape index (κ1) is 27.1. The highest BCUT2D eigenvalue weighted by atomic mass is 32.2. The molecule has 0 radical (unpaired) electrons. The lowest BCUT2D eigenvalue weighted by molar-refractivity contribution is 0.0757. The first-order valence-corrected chi connectivity index (χ1v) is 13.2. The van der Waals surface area contributed by atoms with Crippen LogP contribution in [-0.2, 0) is 11.3 Å². The highest BCUT2D eigenvalue weighted by Crippen LogP contribution is 2.21. The molecule has 0 bridgehead atoms. The smallest absolute Gasteiger partial charge is 0.262 e. The molecule has 0 aliphatic carbocycles. The van der Waals surface area contributed by atoms with Crippen molar-refractivity contribution in [3.05, 3.63) is 70.0 Å². The average Bonchev–Trinajstić information content (AvgIpc) is 3.52. The minimum absolute atomic E-state index is 0.0311. The molecule has 3 heterocycles. The Bertz CT molecular complexity index is 1490. The van der Waals surface area contributed by atoms with Gasteiger partial charge in [0.15, 0.2) is 5.16 Å². The summed E-state index contributed by atoms with van der Waals surface area (Å²) in [6.07, 6.45) is 2.34. The second-order valence-electron chi connectivity index (χ2n) is 8.93. The molecule has 3 aromatic heterocycles. The standard InChI is InChI=1S/C26H30N6O5S/c1-16(2)36-11-5-9-28-24(34)18-7-8-20-21(13-18)29-26(31(25(20)35)14-19-6-4-10-37-19)38-15-23(33)32-17(3)12-22(27)30-32/h4,6-8,10,12-13,16H,5,9,11,14-15H2,1-3H3,(H2,27,30)(H,28,34). The molecule has 1 aromatic carbocycles. The number of fused-ring (bicyclic) bond motifs is 1. The third kappa shape index (κ3) is 6.50. The van der Waals surface area contributed by atoms with Gasteiger partial charge in [-0.3, -0.25) is 19.0 Å². The molecule has 0 aliphatic rings. The number of rotatable bonds is 11. The van der Waals surface area contributed by atoms with Crippen molar-refractivity contribution in [3.63, 3.8) is 0 Å². The zero-order chi connectivity index (χ0) is 27.2. The molecule has 0 aliphatic heterocycles. The zero-order valence-electron chi connectivity index (χ0n) is 21.5. The van der Waals surface area contributed by atoms with E-state index in [-0.39, 0.29) is 41.6 Å². The second kappa shape index (κ2) is 12.1. The largest absolute Gasteiger partial charge is 0.467 e. The van der Waals surface area contributed by atoms with Crippen LogP contribution in [0, 0.1) is 6.92 Å². The first-order chi connectivity index (χ1) is 18.2. The lowest BCUT2D eigenvalue weighted by Gasteiger charge is -2.13. The topological polar surface area (TPSA) is 147 Å². The van der Waals surface area contributed by atoms with E-state index in [1.165, 1.54) is 15.5 Å². The second-order valence-corrected chi connectivity index (χ2v) is 9.87. The fourth-order valence-corrected chi connectivity index (χ4v) is 4.62. The van der Waals surface area contributed by atoms with Crippen LogP contribution < -0.4 is 16.6 Å². The number of furan rings is 1. The van der Waals surface area contributed by atoms with Gasteiger partial charge in [0.1, 0.15) is 11.6 Å². The summed E-state index contributed by atoms with van der Waals surface area (Å²) in [7, 11) is 0. The summed E-state index contributed by atoms with van der Waals surface area (Å²) in [5.74, 6) is 0.204. The molecule has 3 N–H and O–H groups in total. The Morgan fingerprint density at radius 2 is 2.05 bits per heavy atom. The van der Waals surface area contributed by atoms with Crippen LogP contribution in [0.1, 0.15) is 46.9 Å². The SMILES string of the molecule is Cc1cc(N)nn1C(=O)CSc1nc2cc(C(=O)NCCCOC(C)C)ccc2c(=O)n1Cc1ccco1. The van der Waals surface area contributed by atoms with E-state index >= 15 is 0 Å². The number of carbonyl (C=O) groups is 2. The normalized spacial score (nSPS) is 11.4. The molecule has 1 amide bonds. The molecular formula is C26H30N6O5S. The maximum absolute atomic E-state index is 13.5. The molecule has 200 valence electrons. The van der Waals surface area contributed by atoms with Gasteiger partial charge in [-0.15, -0.1) is 5.10 Å². The summed E-state index contributed by atoms with van der Waals surface area (Å²) >= 11 is 1.10. The Labute approximate surface area is 223 Å². The van der Waals surface area contributed by atoms with E-state index < -0.39 is 0 Å². The molecular weight excluding hydrogens is 508 g/mol. The minimum Gasteiger partial charge on any atom is -0.467 e. The maximum Gasteiger partial charge on any atom is 0.262 e. The van der Waals surface area contributed by atoms with E-state index in [0.29, 0.717) is 52.6 Å². The van der Waals surface area contributed by atoms with Crippen LogP contribution in [0.5, 0.6) is 0 Å². The molecule has 0 spiro atoms. The third-order valence-corrected chi connectivity index (χ3v) is 6.56. The van der Waals surface area contributed by atoms with Gasteiger partial charge in [-0.25, -0.2) is 9.67 Å². The van der Waals surface area contributed by atoms with Crippen molar-refractivity contribution in [2.45, 2.75) is 45.0 Å². The third-order valence-electron chi connectivity index (χ3n) is 5.60. The Morgan fingerprint density at radius 1 is 1.24 bits per heavy atom. The fraction of sp³-hybridized carbons (Fsp3) is 0.346. The number of aromatic nitrogens is 4. The van der Waals surface area contributed by atoms with Gasteiger partial charge in [0.25, 0.3) is 17.4 Å². The number of amides is 1. The Morgan fingerprint density at radius 3 is 2.74 bits per heavy atom. The number of thioether (sulfide) groups is 1. The summed E-state index contributed by atoms with van der Waals surface area (Å²) in [5.41, 5.74) is 6.75. The average molecular weight is 539 g/mol. The number of aryl methyl sites for hydroxylation is 1. The van der Waals surface area contributed by atoms with Crippen LogP contribution in [0.3, 0.4) is 0 Å². The Balaban J connectivity index is 1.59. The number of benzene rings is 1. The van der Waals surface area contributed by atoms with Crippen molar-refractivity contribution < 1.29 is 18.7 Å². The number of hydrogen-bond donors (Lipinski definition) is 2. The predicted octanol–water partition coefficient (Wildman–Crippen LogP) is 3.10. The van der Waals surface area contributed by atoms with Crippen LogP contribution in [0.4, 0.5) is 5.82 Å². The lowest BCUT2D eigenvalue weighted by Crippen LogP contribution is -2.27. The lowest BCUT2D eigenvalue weighted by atomic mass is 10.1. The van der Waals surface area contributed by atoms with Crippen molar-refractivity contribution in [1.29, 1.82) is 0 Å². The van der Waals surface area contributed by atoms with Crippen LogP contribution in [-0.4, -0.2) is 56.2 Å². The minimum atomic E-state index is -0.308. The summed E-state index contributed by atoms with van der Waals surface area (Å²) < 4.78 is 13.6. The van der Waals surface area contributed by atoms with Crippen LogP contribution in [0.2, 0.25) is 0 Å². The number of nitrogens with zero attached hydrogens (tertiary/aromatic N) is 4. The van der Waals surface area contributed by atoms with Gasteiger partial charge in [-0.05, 0) is 57.5 Å². The molecule has 0 atom stereocenters. The van der Waals surface area contributed by atoms with E-state index in [4.69, 9.17) is 14.9 Å². The van der Waals surface area contributed by atoms with E-state index in [2.05, 4.69) is 15.4 Å². The summed E-state index contributed by atoms with van der Waals surface area (Å²) in [5, 5.41) is 7.55. The molecule has 0 saturated heterocycles. The zero-order valence-corrected chi connectivity index (χ0v) is 22.3. The number of anilines is 1. The molecule has 38 heavy (non-hydrogen) atoms. The molecule has 4 aromatic rings. The number of hydrogen-bond acceptors (Lipinski definition) is 9. The van der Waals surface area contributed by atoms with Gasteiger partial charge in [-0.1, -0.05) is 11.8 Å². The van der Waals surface area contributed by atoms with Gasteiger partial charge >= 0.3 is 0 Å². The molecule has 4 rings (SSSR count). The number of carbonyl (C=O) groups excluding carboxylic acids is 2. The highest BCUT2D eigenvalue weighted by Gasteiger charge is 2.18. The number of nitrogens with two attached hydrogens (primary N) is 1. The summed E-state index contributed by atoms with van der Waals surface area (Å²) in [4.78, 5) is 43.6. The number of nitrogens with one attached hydrogen (secondary N) is 1. The highest BCUT2D eigenvalue weighted by molar-refractivity contribution is 7.99. The molecule has 11 nitrogen and oxygen atoms in total. The number of nitrogen functional groups attached to an aromatic ring is 1. The van der Waals surface area contributed by atoms with Crippen LogP contribution in [0.15, 0.2) is 57.0 Å². The van der Waals surface area contributed by atoms with E-state index in [1.807, 2.05) is 13.8 Å². The summed E-state index contributed by atoms with van der Waals surface area (Å²) in [6.45, 7) is 6.80. The fourth-order valence-electron chi connectivity index (χ4n) is 3.78.